The lowest BCUT2D eigenvalue weighted by Crippen LogP contribution is -2.53. The quantitative estimate of drug-likeness (QED) is 0.580. The number of benzene rings is 1. The van der Waals surface area contributed by atoms with E-state index < -0.39 is 22.7 Å². The van der Waals surface area contributed by atoms with E-state index in [-0.39, 0.29) is 11.4 Å². The SMILES string of the molecule is CC1(C)N([O])C(c2ccc(F)cc2F)=[N+]([O-])C1(C)C. The second-order valence-electron chi connectivity index (χ2n) is 5.65. The monoisotopic (exact) mass is 269 g/mol. The zero-order valence-corrected chi connectivity index (χ0v) is 11.2. The van der Waals surface area contributed by atoms with E-state index in [2.05, 4.69) is 0 Å². The maximum Gasteiger partial charge on any atom is 0.319 e. The molecule has 103 valence electrons. The highest BCUT2D eigenvalue weighted by Gasteiger charge is 2.60. The summed E-state index contributed by atoms with van der Waals surface area (Å²) in [5.41, 5.74) is -2.24. The van der Waals surface area contributed by atoms with E-state index in [0.29, 0.717) is 15.9 Å². The largest absolute Gasteiger partial charge is 0.714 e. The van der Waals surface area contributed by atoms with Crippen molar-refractivity contribution in [1.82, 2.24) is 5.06 Å². The molecule has 19 heavy (non-hydrogen) atoms. The zero-order valence-electron chi connectivity index (χ0n) is 11.2. The van der Waals surface area contributed by atoms with Crippen molar-refractivity contribution in [1.29, 1.82) is 0 Å². The van der Waals surface area contributed by atoms with Gasteiger partial charge in [-0.15, -0.1) is 0 Å². The van der Waals surface area contributed by atoms with Crippen LogP contribution in [0.5, 0.6) is 0 Å². The Hall–Kier alpha value is -1.69. The molecule has 0 fully saturated rings. The Bertz CT molecular complexity index is 568. The lowest BCUT2D eigenvalue weighted by Gasteiger charge is -2.32. The van der Waals surface area contributed by atoms with Gasteiger partial charge in [0, 0.05) is 11.3 Å². The van der Waals surface area contributed by atoms with E-state index in [9.17, 15) is 19.2 Å². The molecule has 0 atom stereocenters. The smallest absolute Gasteiger partial charge is 0.319 e. The first kappa shape index (κ1) is 13.7. The highest BCUT2D eigenvalue weighted by molar-refractivity contribution is 5.96. The summed E-state index contributed by atoms with van der Waals surface area (Å²) < 4.78 is 27.2. The number of halogens is 2. The first-order valence-electron chi connectivity index (χ1n) is 5.88. The maximum absolute atomic E-state index is 13.8. The Morgan fingerprint density at radius 2 is 1.79 bits per heavy atom. The van der Waals surface area contributed by atoms with E-state index in [1.54, 1.807) is 27.7 Å². The molecule has 0 unspecified atom stereocenters. The molecule has 2 rings (SSSR count). The van der Waals surface area contributed by atoms with Gasteiger partial charge in [-0.05, 0) is 39.8 Å². The Kier molecular flexibility index (Phi) is 2.82. The average Bonchev–Trinajstić information content (AvgIpc) is 2.40. The van der Waals surface area contributed by atoms with Crippen molar-refractivity contribution in [3.05, 3.63) is 40.6 Å². The van der Waals surface area contributed by atoms with Crippen LogP contribution in [0.3, 0.4) is 0 Å². The molecule has 6 heteroatoms. The predicted octanol–water partition coefficient (Wildman–Crippen LogP) is 2.44. The van der Waals surface area contributed by atoms with Crippen molar-refractivity contribution in [3.63, 3.8) is 0 Å². The van der Waals surface area contributed by atoms with E-state index in [1.165, 1.54) is 0 Å². The summed E-state index contributed by atoms with van der Waals surface area (Å²) in [4.78, 5) is 0. The standard InChI is InChI=1S/C13H15F2N2O2/c1-12(2)13(3,4)17(19)11(16(12)18)9-6-5-8(14)7-10(9)15/h5-7H,1-4H3. The highest BCUT2D eigenvalue weighted by Crippen LogP contribution is 2.37. The molecule has 1 heterocycles. The third-order valence-corrected chi connectivity index (χ3v) is 4.07. The first-order chi connectivity index (χ1) is 8.60. The van der Waals surface area contributed by atoms with Gasteiger partial charge < -0.3 is 5.21 Å². The van der Waals surface area contributed by atoms with Crippen LogP contribution in [0.4, 0.5) is 8.78 Å². The van der Waals surface area contributed by atoms with Crippen molar-refractivity contribution < 1.29 is 18.7 Å². The molecule has 1 aliphatic rings. The second kappa shape index (κ2) is 3.90. The number of hydrogen-bond acceptors (Lipinski definition) is 2. The van der Waals surface area contributed by atoms with Gasteiger partial charge in [-0.25, -0.2) is 8.78 Å². The minimum absolute atomic E-state index is 0.190. The van der Waals surface area contributed by atoms with Crippen LogP contribution >= 0.6 is 0 Å². The van der Waals surface area contributed by atoms with Crippen molar-refractivity contribution in [3.8, 4) is 0 Å². The molecule has 1 aromatic rings. The first-order valence-corrected chi connectivity index (χ1v) is 5.88. The summed E-state index contributed by atoms with van der Waals surface area (Å²) in [5, 5.41) is 25.0. The average molecular weight is 269 g/mol. The fourth-order valence-electron chi connectivity index (χ4n) is 2.00. The Morgan fingerprint density at radius 3 is 2.21 bits per heavy atom. The van der Waals surface area contributed by atoms with Gasteiger partial charge in [0.25, 0.3) is 0 Å². The minimum atomic E-state index is -1.02. The highest BCUT2D eigenvalue weighted by atomic mass is 19.1. The summed E-state index contributed by atoms with van der Waals surface area (Å²) in [6.45, 7) is 6.44. The van der Waals surface area contributed by atoms with E-state index >= 15 is 0 Å². The molecule has 0 aliphatic carbocycles. The van der Waals surface area contributed by atoms with Crippen molar-refractivity contribution in [2.45, 2.75) is 38.8 Å². The van der Waals surface area contributed by atoms with Gasteiger partial charge in [0.05, 0.1) is 0 Å². The summed E-state index contributed by atoms with van der Waals surface area (Å²) >= 11 is 0. The van der Waals surface area contributed by atoms with Gasteiger partial charge in [-0.1, -0.05) is 5.06 Å². The fourth-order valence-corrected chi connectivity index (χ4v) is 2.00. The molecule has 1 aromatic carbocycles. The predicted molar refractivity (Wildman–Crippen MR) is 64.8 cm³/mol. The van der Waals surface area contributed by atoms with Crippen molar-refractivity contribution in [2.24, 2.45) is 0 Å². The number of hydroxylamine groups is 3. The van der Waals surface area contributed by atoms with Gasteiger partial charge in [-0.2, -0.15) is 0 Å². The van der Waals surface area contributed by atoms with Gasteiger partial charge >= 0.3 is 5.84 Å². The van der Waals surface area contributed by atoms with E-state index in [1.807, 2.05) is 0 Å². The summed E-state index contributed by atoms with van der Waals surface area (Å²) in [6.07, 6.45) is 0. The van der Waals surface area contributed by atoms with Crippen LogP contribution in [0.1, 0.15) is 33.3 Å². The molecular weight excluding hydrogens is 254 g/mol. The Labute approximate surface area is 110 Å². The molecule has 0 saturated heterocycles. The van der Waals surface area contributed by atoms with Gasteiger partial charge in [0.2, 0.25) is 0 Å². The lowest BCUT2D eigenvalue weighted by molar-refractivity contribution is -0.539. The molecule has 1 radical (unpaired) electrons. The maximum atomic E-state index is 13.8. The summed E-state index contributed by atoms with van der Waals surface area (Å²) in [5.74, 6) is -2.01. The normalized spacial score (nSPS) is 21.1. The number of nitrogens with zero attached hydrogens (tertiary/aromatic N) is 2. The van der Waals surface area contributed by atoms with Crippen LogP contribution in [-0.2, 0) is 5.21 Å². The Balaban J connectivity index is 2.65. The molecule has 0 N–H and O–H groups in total. The van der Waals surface area contributed by atoms with Gasteiger partial charge in [-0.3, -0.25) is 4.74 Å². The number of hydrogen-bond donors (Lipinski definition) is 0. The van der Waals surface area contributed by atoms with Crippen molar-refractivity contribution in [2.75, 3.05) is 0 Å². The van der Waals surface area contributed by atoms with Crippen LogP contribution in [0.2, 0.25) is 0 Å². The molecule has 0 spiro atoms. The lowest BCUT2D eigenvalue weighted by atomic mass is 9.84. The zero-order chi connectivity index (χ0) is 14.6. The number of amidine groups is 1. The second-order valence-corrected chi connectivity index (χ2v) is 5.65. The molecule has 0 bridgehead atoms. The van der Waals surface area contributed by atoms with Gasteiger partial charge in [0.1, 0.15) is 22.7 Å². The van der Waals surface area contributed by atoms with Crippen LogP contribution < -0.4 is 0 Å². The Morgan fingerprint density at radius 1 is 1.21 bits per heavy atom. The minimum Gasteiger partial charge on any atom is -0.714 e. The summed E-state index contributed by atoms with van der Waals surface area (Å²) in [6, 6.07) is 2.78. The van der Waals surface area contributed by atoms with E-state index in [0.717, 1.165) is 12.1 Å². The van der Waals surface area contributed by atoms with E-state index in [4.69, 9.17) is 0 Å². The van der Waals surface area contributed by atoms with Crippen LogP contribution in [-0.4, -0.2) is 26.7 Å². The third kappa shape index (κ3) is 1.70. The van der Waals surface area contributed by atoms with Crippen LogP contribution in [0, 0.1) is 16.8 Å². The fraction of sp³-hybridized carbons (Fsp3) is 0.462. The third-order valence-electron chi connectivity index (χ3n) is 4.07. The molecule has 1 aliphatic heterocycles. The summed E-state index contributed by atoms with van der Waals surface area (Å²) in [7, 11) is 0. The van der Waals surface area contributed by atoms with Crippen LogP contribution in [0.25, 0.3) is 0 Å². The molecule has 0 saturated carbocycles. The van der Waals surface area contributed by atoms with Crippen LogP contribution in [0.15, 0.2) is 18.2 Å². The van der Waals surface area contributed by atoms with Gasteiger partial charge in [0.15, 0.2) is 5.54 Å². The molecular formula is C13H15F2N2O2. The molecule has 0 amide bonds. The molecule has 4 nitrogen and oxygen atoms in total. The number of rotatable bonds is 1. The topological polar surface area (TPSA) is 49.2 Å². The molecule has 0 aromatic heterocycles. The van der Waals surface area contributed by atoms with Crippen molar-refractivity contribution >= 4 is 5.84 Å².